The van der Waals surface area contributed by atoms with Crippen molar-refractivity contribution in [1.29, 1.82) is 10.5 Å². The predicted molar refractivity (Wildman–Crippen MR) is 111 cm³/mol. The zero-order chi connectivity index (χ0) is 20.5. The molecule has 0 radical (unpaired) electrons. The number of hydrogen-bond acceptors (Lipinski definition) is 4. The van der Waals surface area contributed by atoms with E-state index in [1.807, 2.05) is 30.3 Å². The van der Waals surface area contributed by atoms with Crippen molar-refractivity contribution < 1.29 is 9.53 Å². The molecule has 3 rings (SSSR count). The average molecular weight is 379 g/mol. The molecule has 29 heavy (non-hydrogen) atoms. The normalized spacial score (nSPS) is 10.5. The molecule has 0 atom stereocenters. The molecule has 0 aromatic heterocycles. The summed E-state index contributed by atoms with van der Waals surface area (Å²) in [7, 11) is 0. The zero-order valence-corrected chi connectivity index (χ0v) is 15.5. The molecule has 1 amide bonds. The molecule has 0 unspecified atom stereocenters. The summed E-state index contributed by atoms with van der Waals surface area (Å²) < 4.78 is 5.73. The lowest BCUT2D eigenvalue weighted by Crippen LogP contribution is -2.13. The van der Waals surface area contributed by atoms with Crippen molar-refractivity contribution in [2.75, 3.05) is 5.32 Å². The molecule has 0 saturated heterocycles. The van der Waals surface area contributed by atoms with Gasteiger partial charge in [-0.05, 0) is 42.0 Å². The van der Waals surface area contributed by atoms with Gasteiger partial charge in [0.15, 0.2) is 0 Å². The minimum atomic E-state index is -0.466. The number of anilines is 1. The Bertz CT molecular complexity index is 1110. The average Bonchev–Trinajstić information content (AvgIpc) is 2.77. The van der Waals surface area contributed by atoms with Crippen molar-refractivity contribution >= 4 is 17.7 Å². The van der Waals surface area contributed by atoms with Crippen LogP contribution in [0.5, 0.6) is 5.75 Å². The minimum Gasteiger partial charge on any atom is -0.489 e. The van der Waals surface area contributed by atoms with Crippen molar-refractivity contribution in [1.82, 2.24) is 0 Å². The summed E-state index contributed by atoms with van der Waals surface area (Å²) >= 11 is 0. The number of nitriles is 2. The highest BCUT2D eigenvalue weighted by Gasteiger charge is 2.09. The molecule has 0 aliphatic heterocycles. The number of nitrogens with zero attached hydrogens (tertiary/aromatic N) is 2. The Morgan fingerprint density at radius 3 is 2.31 bits per heavy atom. The summed E-state index contributed by atoms with van der Waals surface area (Å²) in [6.07, 6.45) is 1.52. The van der Waals surface area contributed by atoms with Gasteiger partial charge in [-0.25, -0.2) is 0 Å². The second kappa shape index (κ2) is 9.55. The number of benzene rings is 3. The minimum absolute atomic E-state index is 0.00506. The number of carbonyl (C=O) groups excluding carboxylic acids is 1. The van der Waals surface area contributed by atoms with Crippen LogP contribution in [0.2, 0.25) is 0 Å². The second-order valence-corrected chi connectivity index (χ2v) is 6.12. The lowest BCUT2D eigenvalue weighted by Gasteiger charge is -2.08. The number of nitrogens with one attached hydrogen (secondary N) is 1. The summed E-state index contributed by atoms with van der Waals surface area (Å²) in [6, 6.07) is 27.3. The topological polar surface area (TPSA) is 85.9 Å². The van der Waals surface area contributed by atoms with Crippen LogP contribution in [0.15, 0.2) is 84.4 Å². The Labute approximate surface area is 169 Å². The van der Waals surface area contributed by atoms with Crippen LogP contribution in [-0.4, -0.2) is 5.91 Å². The lowest BCUT2D eigenvalue weighted by atomic mass is 10.1. The maximum absolute atomic E-state index is 12.3. The van der Waals surface area contributed by atoms with Gasteiger partial charge in [-0.15, -0.1) is 0 Å². The molecule has 0 bridgehead atoms. The van der Waals surface area contributed by atoms with E-state index in [2.05, 4.69) is 11.4 Å². The number of ether oxygens (including phenoxy) is 1. The molecular weight excluding hydrogens is 362 g/mol. The standard InChI is InChI=1S/C24H17N3O2/c25-15-19-6-4-5-7-20(19)17-29-23-12-10-18(11-13-23)14-21(16-26)24(28)27-22-8-2-1-3-9-22/h1-14H,17H2,(H,27,28)/b21-14-. The molecule has 5 heteroatoms. The highest BCUT2D eigenvalue weighted by Crippen LogP contribution is 2.18. The quantitative estimate of drug-likeness (QED) is 0.497. The highest BCUT2D eigenvalue weighted by molar-refractivity contribution is 6.09. The predicted octanol–water partition coefficient (Wildman–Crippen LogP) is 4.68. The third-order valence-electron chi connectivity index (χ3n) is 4.12. The number of amides is 1. The molecule has 5 nitrogen and oxygen atoms in total. The SMILES string of the molecule is N#C/C(=C/c1ccc(OCc2ccccc2C#N)cc1)C(=O)Nc1ccccc1. The van der Waals surface area contributed by atoms with Gasteiger partial charge in [-0.3, -0.25) is 4.79 Å². The molecule has 0 heterocycles. The van der Waals surface area contributed by atoms with Crippen LogP contribution in [0, 0.1) is 22.7 Å². The van der Waals surface area contributed by atoms with E-state index < -0.39 is 5.91 Å². The number of rotatable bonds is 6. The first-order chi connectivity index (χ1) is 14.2. The third-order valence-corrected chi connectivity index (χ3v) is 4.12. The Kier molecular flexibility index (Phi) is 6.39. The molecule has 1 N–H and O–H groups in total. The van der Waals surface area contributed by atoms with Crippen LogP contribution in [-0.2, 0) is 11.4 Å². The largest absolute Gasteiger partial charge is 0.489 e. The van der Waals surface area contributed by atoms with E-state index in [-0.39, 0.29) is 12.2 Å². The molecule has 3 aromatic rings. The van der Waals surface area contributed by atoms with Crippen LogP contribution in [0.1, 0.15) is 16.7 Å². The van der Waals surface area contributed by atoms with Crippen LogP contribution < -0.4 is 10.1 Å². The Hall–Kier alpha value is -4.35. The Balaban J connectivity index is 1.66. The smallest absolute Gasteiger partial charge is 0.266 e. The van der Waals surface area contributed by atoms with E-state index in [4.69, 9.17) is 10.00 Å². The Morgan fingerprint density at radius 1 is 0.931 bits per heavy atom. The van der Waals surface area contributed by atoms with Crippen LogP contribution >= 0.6 is 0 Å². The van der Waals surface area contributed by atoms with E-state index in [9.17, 15) is 10.1 Å². The molecule has 0 aliphatic carbocycles. The summed E-state index contributed by atoms with van der Waals surface area (Å²) in [5.41, 5.74) is 2.72. The van der Waals surface area contributed by atoms with Crippen molar-refractivity contribution in [3.05, 3.63) is 101 Å². The van der Waals surface area contributed by atoms with E-state index >= 15 is 0 Å². The first-order valence-corrected chi connectivity index (χ1v) is 8.88. The van der Waals surface area contributed by atoms with Gasteiger partial charge in [-0.1, -0.05) is 48.5 Å². The first-order valence-electron chi connectivity index (χ1n) is 8.88. The van der Waals surface area contributed by atoms with Gasteiger partial charge < -0.3 is 10.1 Å². The maximum Gasteiger partial charge on any atom is 0.266 e. The highest BCUT2D eigenvalue weighted by atomic mass is 16.5. The van der Waals surface area contributed by atoms with Crippen molar-refractivity contribution in [3.8, 4) is 17.9 Å². The van der Waals surface area contributed by atoms with Gasteiger partial charge in [0, 0.05) is 11.3 Å². The van der Waals surface area contributed by atoms with Gasteiger partial charge in [0.05, 0.1) is 11.6 Å². The van der Waals surface area contributed by atoms with Crippen LogP contribution in [0.3, 0.4) is 0 Å². The summed E-state index contributed by atoms with van der Waals surface area (Å²) in [4.78, 5) is 12.3. The summed E-state index contributed by atoms with van der Waals surface area (Å²) in [5, 5.41) is 21.1. The zero-order valence-electron chi connectivity index (χ0n) is 15.5. The number of hydrogen-bond donors (Lipinski definition) is 1. The number of carbonyl (C=O) groups is 1. The van der Waals surface area contributed by atoms with Crippen molar-refractivity contribution in [2.45, 2.75) is 6.61 Å². The van der Waals surface area contributed by atoms with Crippen LogP contribution in [0.4, 0.5) is 5.69 Å². The van der Waals surface area contributed by atoms with E-state index in [1.54, 1.807) is 54.6 Å². The molecule has 0 saturated carbocycles. The van der Waals surface area contributed by atoms with E-state index in [0.29, 0.717) is 22.6 Å². The maximum atomic E-state index is 12.3. The van der Waals surface area contributed by atoms with Crippen LogP contribution in [0.25, 0.3) is 6.08 Å². The van der Waals surface area contributed by atoms with Gasteiger partial charge in [-0.2, -0.15) is 10.5 Å². The molecule has 0 spiro atoms. The van der Waals surface area contributed by atoms with Gasteiger partial charge in [0.2, 0.25) is 0 Å². The third kappa shape index (κ3) is 5.32. The van der Waals surface area contributed by atoms with Gasteiger partial charge in [0.25, 0.3) is 5.91 Å². The fourth-order valence-corrected chi connectivity index (χ4v) is 2.61. The van der Waals surface area contributed by atoms with E-state index in [1.165, 1.54) is 6.08 Å². The molecular formula is C24H17N3O2. The monoisotopic (exact) mass is 379 g/mol. The fraction of sp³-hybridized carbons (Fsp3) is 0.0417. The molecule has 0 fully saturated rings. The van der Waals surface area contributed by atoms with Gasteiger partial charge >= 0.3 is 0 Å². The summed E-state index contributed by atoms with van der Waals surface area (Å²) in [6.45, 7) is 0.280. The molecule has 3 aromatic carbocycles. The second-order valence-electron chi connectivity index (χ2n) is 6.12. The van der Waals surface area contributed by atoms with Crippen molar-refractivity contribution in [3.63, 3.8) is 0 Å². The van der Waals surface area contributed by atoms with Gasteiger partial charge in [0.1, 0.15) is 24.0 Å². The molecule has 140 valence electrons. The first kappa shape index (κ1) is 19.4. The fourth-order valence-electron chi connectivity index (χ4n) is 2.61. The molecule has 0 aliphatic rings. The lowest BCUT2D eigenvalue weighted by molar-refractivity contribution is -0.112. The summed E-state index contributed by atoms with van der Waals surface area (Å²) in [5.74, 6) is 0.161. The number of para-hydroxylation sites is 1. The Morgan fingerprint density at radius 2 is 1.62 bits per heavy atom. The van der Waals surface area contributed by atoms with E-state index in [0.717, 1.165) is 5.56 Å². The van der Waals surface area contributed by atoms with Crippen molar-refractivity contribution in [2.24, 2.45) is 0 Å².